The minimum absolute atomic E-state index is 0.195. The molecule has 0 aliphatic heterocycles. The SMILES string of the molecule is CCCCCCOc1ccc(-c2cccc3c2C(c2ccc(OCCCCCC)cc2)c2ccccc2-3)cc1. The van der Waals surface area contributed by atoms with Crippen LogP contribution in [0.2, 0.25) is 0 Å². The van der Waals surface area contributed by atoms with Gasteiger partial charge in [-0.3, -0.25) is 0 Å². The molecule has 0 saturated carbocycles. The van der Waals surface area contributed by atoms with Gasteiger partial charge in [0.15, 0.2) is 0 Å². The van der Waals surface area contributed by atoms with E-state index in [0.717, 1.165) is 37.6 Å². The third kappa shape index (κ3) is 6.38. The fourth-order valence-electron chi connectivity index (χ4n) is 5.78. The zero-order valence-electron chi connectivity index (χ0n) is 23.6. The minimum Gasteiger partial charge on any atom is -0.494 e. The molecule has 0 heterocycles. The van der Waals surface area contributed by atoms with Gasteiger partial charge in [-0.1, -0.05) is 119 Å². The van der Waals surface area contributed by atoms with Crippen molar-refractivity contribution in [3.63, 3.8) is 0 Å². The van der Waals surface area contributed by atoms with Crippen molar-refractivity contribution in [3.05, 3.63) is 108 Å². The van der Waals surface area contributed by atoms with Crippen LogP contribution in [0, 0.1) is 0 Å². The lowest BCUT2D eigenvalue weighted by Gasteiger charge is -2.19. The van der Waals surface area contributed by atoms with Gasteiger partial charge >= 0.3 is 0 Å². The van der Waals surface area contributed by atoms with E-state index in [4.69, 9.17) is 9.47 Å². The summed E-state index contributed by atoms with van der Waals surface area (Å²) in [6, 6.07) is 33.1. The number of hydrogen-bond acceptors (Lipinski definition) is 2. The molecule has 1 unspecified atom stereocenters. The maximum Gasteiger partial charge on any atom is 0.119 e. The summed E-state index contributed by atoms with van der Waals surface area (Å²) >= 11 is 0. The summed E-state index contributed by atoms with van der Waals surface area (Å²) in [6.07, 6.45) is 9.75. The zero-order valence-corrected chi connectivity index (χ0v) is 23.6. The van der Waals surface area contributed by atoms with Crippen LogP contribution in [0.5, 0.6) is 11.5 Å². The quantitative estimate of drug-likeness (QED) is 0.136. The molecule has 1 atom stereocenters. The fourth-order valence-corrected chi connectivity index (χ4v) is 5.78. The molecular weight excluding hydrogens is 476 g/mol. The first-order valence-corrected chi connectivity index (χ1v) is 15.0. The Kier molecular flexibility index (Phi) is 9.38. The van der Waals surface area contributed by atoms with E-state index < -0.39 is 0 Å². The number of benzene rings is 4. The molecule has 1 aliphatic carbocycles. The third-order valence-electron chi connectivity index (χ3n) is 7.87. The molecule has 4 aromatic rings. The van der Waals surface area contributed by atoms with E-state index in [1.807, 2.05) is 0 Å². The molecular formula is C37H42O2. The van der Waals surface area contributed by atoms with E-state index in [-0.39, 0.29) is 5.92 Å². The van der Waals surface area contributed by atoms with Gasteiger partial charge < -0.3 is 9.47 Å². The summed E-state index contributed by atoms with van der Waals surface area (Å²) in [6.45, 7) is 6.06. The smallest absolute Gasteiger partial charge is 0.119 e. The molecule has 0 saturated heterocycles. The third-order valence-corrected chi connectivity index (χ3v) is 7.87. The molecule has 0 radical (unpaired) electrons. The number of rotatable bonds is 14. The average molecular weight is 519 g/mol. The van der Waals surface area contributed by atoms with Crippen LogP contribution in [0.1, 0.15) is 87.8 Å². The zero-order chi connectivity index (χ0) is 26.9. The first kappa shape index (κ1) is 27.1. The summed E-state index contributed by atoms with van der Waals surface area (Å²) < 4.78 is 12.1. The predicted molar refractivity (Wildman–Crippen MR) is 164 cm³/mol. The number of fused-ring (bicyclic) bond motifs is 3. The van der Waals surface area contributed by atoms with Gasteiger partial charge in [0.1, 0.15) is 11.5 Å². The number of hydrogen-bond donors (Lipinski definition) is 0. The standard InChI is InChI=1S/C37H42O2/c1-3-5-7-11-26-38-30-22-18-28(19-23-30)32-16-13-17-35-33-14-9-10-15-34(33)36(37(32)35)29-20-24-31(25-21-29)39-27-12-8-6-4-2/h9-10,13-25,36H,3-8,11-12,26-27H2,1-2H3. The summed E-state index contributed by atoms with van der Waals surface area (Å²) in [7, 11) is 0. The van der Waals surface area contributed by atoms with E-state index >= 15 is 0 Å². The van der Waals surface area contributed by atoms with Crippen molar-refractivity contribution in [1.82, 2.24) is 0 Å². The monoisotopic (exact) mass is 518 g/mol. The maximum absolute atomic E-state index is 6.05. The van der Waals surface area contributed by atoms with Crippen molar-refractivity contribution in [2.24, 2.45) is 0 Å². The highest BCUT2D eigenvalue weighted by molar-refractivity contribution is 5.88. The first-order valence-electron chi connectivity index (χ1n) is 15.0. The molecule has 0 amide bonds. The highest BCUT2D eigenvalue weighted by Crippen LogP contribution is 2.51. The molecule has 5 rings (SSSR count). The largest absolute Gasteiger partial charge is 0.494 e. The Morgan fingerprint density at radius 3 is 1.72 bits per heavy atom. The van der Waals surface area contributed by atoms with Crippen molar-refractivity contribution in [1.29, 1.82) is 0 Å². The number of unbranched alkanes of at least 4 members (excludes halogenated alkanes) is 6. The lowest BCUT2D eigenvalue weighted by Crippen LogP contribution is -2.02. The van der Waals surface area contributed by atoms with E-state index in [2.05, 4.69) is 105 Å². The number of ether oxygens (including phenoxy) is 2. The first-order chi connectivity index (χ1) is 19.3. The summed E-state index contributed by atoms with van der Waals surface area (Å²) in [5.74, 6) is 2.11. The van der Waals surface area contributed by atoms with E-state index in [1.165, 1.54) is 77.5 Å². The molecule has 0 bridgehead atoms. The summed E-state index contributed by atoms with van der Waals surface area (Å²) in [5.41, 5.74) is 9.26. The Balaban J connectivity index is 1.39. The molecule has 202 valence electrons. The van der Waals surface area contributed by atoms with E-state index in [0.29, 0.717) is 0 Å². The molecule has 2 heteroatoms. The van der Waals surface area contributed by atoms with Crippen molar-refractivity contribution in [2.75, 3.05) is 13.2 Å². The lowest BCUT2D eigenvalue weighted by molar-refractivity contribution is 0.305. The van der Waals surface area contributed by atoms with Crippen LogP contribution < -0.4 is 9.47 Å². The normalized spacial score (nSPS) is 13.6. The van der Waals surface area contributed by atoms with Crippen molar-refractivity contribution in [2.45, 2.75) is 71.1 Å². The second kappa shape index (κ2) is 13.5. The van der Waals surface area contributed by atoms with Gasteiger partial charge in [0.25, 0.3) is 0 Å². The average Bonchev–Trinajstić information content (AvgIpc) is 3.32. The highest BCUT2D eigenvalue weighted by Gasteiger charge is 2.32. The Morgan fingerprint density at radius 1 is 0.513 bits per heavy atom. The lowest BCUT2D eigenvalue weighted by atomic mass is 9.85. The molecule has 4 aromatic carbocycles. The molecule has 0 fully saturated rings. The predicted octanol–water partition coefficient (Wildman–Crippen LogP) is 10.4. The molecule has 2 nitrogen and oxygen atoms in total. The second-order valence-electron chi connectivity index (χ2n) is 10.7. The van der Waals surface area contributed by atoms with Crippen molar-refractivity contribution in [3.8, 4) is 33.8 Å². The second-order valence-corrected chi connectivity index (χ2v) is 10.7. The Labute approximate surface area is 235 Å². The van der Waals surface area contributed by atoms with Gasteiger partial charge in [0.05, 0.1) is 13.2 Å². The summed E-state index contributed by atoms with van der Waals surface area (Å²) in [4.78, 5) is 0. The minimum atomic E-state index is 0.195. The van der Waals surface area contributed by atoms with Crippen LogP contribution in [-0.4, -0.2) is 13.2 Å². The maximum atomic E-state index is 6.05. The van der Waals surface area contributed by atoms with Gasteiger partial charge in [0.2, 0.25) is 0 Å². The summed E-state index contributed by atoms with van der Waals surface area (Å²) in [5, 5.41) is 0. The van der Waals surface area contributed by atoms with Crippen molar-refractivity contribution < 1.29 is 9.47 Å². The van der Waals surface area contributed by atoms with Gasteiger partial charge in [-0.05, 0) is 76.1 Å². The topological polar surface area (TPSA) is 18.5 Å². The molecule has 39 heavy (non-hydrogen) atoms. The Morgan fingerprint density at radius 2 is 1.08 bits per heavy atom. The van der Waals surface area contributed by atoms with Gasteiger partial charge in [0, 0.05) is 5.92 Å². The Bertz CT molecular complexity index is 1320. The Hall–Kier alpha value is -3.52. The van der Waals surface area contributed by atoms with Gasteiger partial charge in [-0.25, -0.2) is 0 Å². The van der Waals surface area contributed by atoms with E-state index in [9.17, 15) is 0 Å². The van der Waals surface area contributed by atoms with Crippen LogP contribution >= 0.6 is 0 Å². The van der Waals surface area contributed by atoms with E-state index in [1.54, 1.807) is 0 Å². The van der Waals surface area contributed by atoms with Gasteiger partial charge in [-0.15, -0.1) is 0 Å². The van der Waals surface area contributed by atoms with Crippen LogP contribution in [0.4, 0.5) is 0 Å². The highest BCUT2D eigenvalue weighted by atomic mass is 16.5. The van der Waals surface area contributed by atoms with Crippen LogP contribution in [0.15, 0.2) is 91.0 Å². The van der Waals surface area contributed by atoms with Gasteiger partial charge in [-0.2, -0.15) is 0 Å². The van der Waals surface area contributed by atoms with Crippen LogP contribution in [0.3, 0.4) is 0 Å². The van der Waals surface area contributed by atoms with Crippen LogP contribution in [0.25, 0.3) is 22.3 Å². The fraction of sp³-hybridized carbons (Fsp3) is 0.351. The van der Waals surface area contributed by atoms with Crippen LogP contribution in [-0.2, 0) is 0 Å². The molecule has 0 spiro atoms. The molecule has 0 aromatic heterocycles. The molecule has 0 N–H and O–H groups in total. The molecule has 1 aliphatic rings. The van der Waals surface area contributed by atoms with Crippen molar-refractivity contribution >= 4 is 0 Å².